The average Bonchev–Trinajstić information content (AvgIpc) is 4.24. The van der Waals surface area contributed by atoms with Crippen LogP contribution < -0.4 is 32.6 Å². The second kappa shape index (κ2) is 27.7. The molecule has 8 aromatic rings. The Morgan fingerprint density at radius 1 is 0.690 bits per heavy atom. The van der Waals surface area contributed by atoms with E-state index in [0.29, 0.717) is 77.4 Å². The predicted molar refractivity (Wildman–Crippen MR) is 279 cm³/mol. The first-order chi connectivity index (χ1) is 34.5. The minimum Gasteiger partial charge on any atom is -0.494 e. The predicted octanol–water partition coefficient (Wildman–Crippen LogP) is 6.09. The summed E-state index contributed by atoms with van der Waals surface area (Å²) in [4.78, 5) is 55.6. The number of benzene rings is 3. The number of hydrogen-bond acceptors (Lipinski definition) is 15. The number of allylic oxidation sites excluding steroid dienone is 3. The zero-order valence-electron chi connectivity index (χ0n) is 41.8. The Kier molecular flexibility index (Phi) is 21.6. The number of carbonyl (C=O) groups is 4. The fourth-order valence-electron chi connectivity index (χ4n) is 7.34. The van der Waals surface area contributed by atoms with Crippen molar-refractivity contribution in [2.24, 2.45) is 11.5 Å². The Bertz CT molecular complexity index is 3080. The lowest BCUT2D eigenvalue weighted by Gasteiger charge is -2.11. The molecule has 21 nitrogen and oxygen atoms in total. The van der Waals surface area contributed by atoms with Gasteiger partial charge in [0.15, 0.2) is 6.29 Å². The summed E-state index contributed by atoms with van der Waals surface area (Å²) in [6, 6.07) is 18.0. The van der Waals surface area contributed by atoms with E-state index >= 15 is 0 Å². The highest BCUT2D eigenvalue weighted by atomic mass is 16.5. The molecule has 0 aliphatic heterocycles. The highest BCUT2D eigenvalue weighted by molar-refractivity contribution is 6.03. The minimum absolute atomic E-state index is 0.308. The fraction of sp³-hybridized carbons (Fsp3) is 0.300. The van der Waals surface area contributed by atoms with E-state index in [1.54, 1.807) is 59.9 Å². The number of aryl methyl sites for hydroxylation is 4. The van der Waals surface area contributed by atoms with Crippen molar-refractivity contribution in [2.45, 2.75) is 60.4 Å². The van der Waals surface area contributed by atoms with Crippen molar-refractivity contribution in [1.29, 1.82) is 0 Å². The third-order valence-electron chi connectivity index (χ3n) is 10.4. The van der Waals surface area contributed by atoms with E-state index in [1.807, 2.05) is 96.3 Å². The van der Waals surface area contributed by atoms with Crippen molar-refractivity contribution >= 4 is 75.3 Å². The molecule has 376 valence electrons. The summed E-state index contributed by atoms with van der Waals surface area (Å²) in [7, 11) is 7.99. The zero-order chi connectivity index (χ0) is 52.0. The summed E-state index contributed by atoms with van der Waals surface area (Å²) < 4.78 is 19.6. The zero-order valence-corrected chi connectivity index (χ0v) is 41.8. The molecule has 0 aliphatic rings. The number of nitrogens with one attached hydrogen (secondary N) is 2. The molecular formula is C50H65N15O6. The van der Waals surface area contributed by atoms with Crippen molar-refractivity contribution in [3.8, 4) is 5.75 Å². The van der Waals surface area contributed by atoms with E-state index in [1.165, 1.54) is 21.2 Å². The number of hydrogen-bond donors (Lipinski definition) is 5. The van der Waals surface area contributed by atoms with Gasteiger partial charge in [-0.15, -0.1) is 0 Å². The lowest BCUT2D eigenvalue weighted by molar-refractivity contribution is 0.101. The summed E-state index contributed by atoms with van der Waals surface area (Å²) in [5.41, 5.74) is 23.0. The van der Waals surface area contributed by atoms with Crippen molar-refractivity contribution in [2.75, 3.05) is 58.3 Å². The highest BCUT2D eigenvalue weighted by Crippen LogP contribution is 2.31. The van der Waals surface area contributed by atoms with Crippen molar-refractivity contribution in [1.82, 2.24) is 48.4 Å². The van der Waals surface area contributed by atoms with Crippen molar-refractivity contribution < 1.29 is 28.7 Å². The third-order valence-corrected chi connectivity index (χ3v) is 10.4. The summed E-state index contributed by atoms with van der Waals surface area (Å²) in [5, 5.41) is 19.8. The van der Waals surface area contributed by atoms with E-state index in [0.717, 1.165) is 71.0 Å². The quantitative estimate of drug-likeness (QED) is 0.0392. The summed E-state index contributed by atoms with van der Waals surface area (Å²) >= 11 is 0. The Balaban J connectivity index is 0.000000296. The van der Waals surface area contributed by atoms with Gasteiger partial charge < -0.3 is 41.1 Å². The number of nitrogens with zero attached hydrogens (tertiary/aromatic N) is 10. The molecular weight excluding hydrogens is 907 g/mol. The second-order valence-electron chi connectivity index (χ2n) is 15.0. The third kappa shape index (κ3) is 13.9. The molecule has 8 N–H and O–H groups in total. The number of methoxy groups -OCH3 is 2. The number of rotatable bonds is 17. The Morgan fingerprint density at radius 3 is 1.96 bits per heavy atom. The SMILES string of the molecule is CCn1nc(C)cc1C(=O)Nc1nc2cc(C=O)cc(OC)c2n1C/C=C/Cn1c(NC)nc2cc(C=O)ccc21.CCn1nc(C)cc1C=O.CN.CN.COC/C=C/Cn1ncc2cc(N)ccc21. The molecule has 0 unspecified atom stereocenters. The van der Waals surface area contributed by atoms with E-state index in [-0.39, 0.29) is 5.91 Å². The monoisotopic (exact) mass is 972 g/mol. The van der Waals surface area contributed by atoms with Crippen LogP contribution >= 0.6 is 0 Å². The minimum atomic E-state index is -0.346. The molecule has 5 aromatic heterocycles. The molecule has 71 heavy (non-hydrogen) atoms. The van der Waals surface area contributed by atoms with Crippen LogP contribution in [0.2, 0.25) is 0 Å². The molecule has 0 saturated carbocycles. The summed E-state index contributed by atoms with van der Waals surface area (Å²) in [6.07, 6.45) is 12.1. The van der Waals surface area contributed by atoms with Gasteiger partial charge in [0.1, 0.15) is 35.2 Å². The fourth-order valence-corrected chi connectivity index (χ4v) is 7.34. The van der Waals surface area contributed by atoms with Crippen LogP contribution in [0.4, 0.5) is 17.6 Å². The van der Waals surface area contributed by atoms with Gasteiger partial charge in [-0.25, -0.2) is 9.97 Å². The first-order valence-electron chi connectivity index (χ1n) is 22.7. The lowest BCUT2D eigenvalue weighted by Crippen LogP contribution is -2.20. The Hall–Kier alpha value is -8.27. The highest BCUT2D eigenvalue weighted by Gasteiger charge is 2.20. The van der Waals surface area contributed by atoms with E-state index in [2.05, 4.69) is 47.4 Å². The molecule has 8 rings (SSSR count). The number of nitrogen functional groups attached to an aromatic ring is 1. The number of carbonyl (C=O) groups excluding carboxylic acids is 4. The smallest absolute Gasteiger partial charge is 0.276 e. The molecule has 0 fully saturated rings. The van der Waals surface area contributed by atoms with Crippen LogP contribution in [-0.2, 0) is 37.5 Å². The molecule has 3 aromatic carbocycles. The normalized spacial score (nSPS) is 10.7. The van der Waals surface area contributed by atoms with Gasteiger partial charge in [-0.2, -0.15) is 15.3 Å². The van der Waals surface area contributed by atoms with Gasteiger partial charge in [0, 0.05) is 62.5 Å². The van der Waals surface area contributed by atoms with Gasteiger partial charge in [-0.05, 0) is 102 Å². The van der Waals surface area contributed by atoms with Gasteiger partial charge in [-0.1, -0.05) is 24.3 Å². The Morgan fingerprint density at radius 2 is 1.32 bits per heavy atom. The van der Waals surface area contributed by atoms with Crippen LogP contribution in [-0.4, -0.2) is 115 Å². The topological polar surface area (TPSA) is 278 Å². The number of aromatic nitrogens is 10. The Labute approximate surface area is 412 Å². The number of amides is 1. The number of ether oxygens (including phenoxy) is 2. The number of fused-ring (bicyclic) bond motifs is 3. The molecule has 0 bridgehead atoms. The van der Waals surface area contributed by atoms with Crippen LogP contribution in [0, 0.1) is 13.8 Å². The van der Waals surface area contributed by atoms with Crippen molar-refractivity contribution in [3.05, 3.63) is 125 Å². The van der Waals surface area contributed by atoms with Gasteiger partial charge in [0.05, 0.1) is 59.9 Å². The van der Waals surface area contributed by atoms with Crippen LogP contribution in [0.1, 0.15) is 66.9 Å². The molecule has 21 heteroatoms. The van der Waals surface area contributed by atoms with Gasteiger partial charge >= 0.3 is 0 Å². The number of imidazole rings is 2. The van der Waals surface area contributed by atoms with Gasteiger partial charge in [0.2, 0.25) is 11.9 Å². The van der Waals surface area contributed by atoms with E-state index in [4.69, 9.17) is 15.2 Å². The maximum Gasteiger partial charge on any atom is 0.276 e. The molecule has 0 aliphatic carbocycles. The van der Waals surface area contributed by atoms with Crippen LogP contribution in [0.5, 0.6) is 5.75 Å². The maximum absolute atomic E-state index is 13.3. The van der Waals surface area contributed by atoms with Crippen LogP contribution in [0.3, 0.4) is 0 Å². The molecule has 0 spiro atoms. The first-order valence-corrected chi connectivity index (χ1v) is 22.7. The average molecular weight is 972 g/mol. The summed E-state index contributed by atoms with van der Waals surface area (Å²) in [5.74, 6) is 1.09. The van der Waals surface area contributed by atoms with Gasteiger partial charge in [0.25, 0.3) is 5.91 Å². The van der Waals surface area contributed by atoms with Crippen LogP contribution in [0.15, 0.2) is 91.2 Å². The first kappa shape index (κ1) is 55.3. The second-order valence-corrected chi connectivity index (χ2v) is 15.0. The number of aldehydes is 3. The largest absolute Gasteiger partial charge is 0.494 e. The van der Waals surface area contributed by atoms with Crippen molar-refractivity contribution in [3.63, 3.8) is 0 Å². The molecule has 5 heterocycles. The van der Waals surface area contributed by atoms with Crippen LogP contribution in [0.25, 0.3) is 33.0 Å². The molecule has 0 radical (unpaired) electrons. The van der Waals surface area contributed by atoms with E-state index in [9.17, 15) is 19.2 Å². The molecule has 0 saturated heterocycles. The van der Waals surface area contributed by atoms with Gasteiger partial charge in [-0.3, -0.25) is 38.5 Å². The molecule has 1 amide bonds. The number of anilines is 3. The summed E-state index contributed by atoms with van der Waals surface area (Å²) in [6.45, 7) is 11.1. The number of nitrogens with two attached hydrogens (primary N) is 3. The lowest BCUT2D eigenvalue weighted by atomic mass is 10.2. The van der Waals surface area contributed by atoms with E-state index < -0.39 is 0 Å². The molecule has 0 atom stereocenters. The standard InChI is InChI=1S/C29H30N8O4.C12H15N3O.C7H10N2O.2CH5N/c1-5-37-24(12-18(2)34-37)27(40)33-29-32-22-14-20(17-39)15-25(41-4)26(22)36(29)11-7-6-10-35-23-9-8-19(16-38)13-21(23)31-28(35)30-3;1-16-7-3-2-6-15-12-5-4-11(13)8-10(12)9-14-15;1-3-9-7(5-10)4-6(2)8-9;2*1-2/h6-9,12-17H,5,10-11H2,1-4H3,(H,30,31)(H,32,33,40);2-5,8-9H,6-7,13H2,1H3;4-5H,3H2,1-2H3;2*2H2,1H3/b7-6+;3-2+;;;. The maximum atomic E-state index is 13.3.